The van der Waals surface area contributed by atoms with Gasteiger partial charge >= 0.3 is 0 Å². The standard InChI is InChI=1S/C5H11I.H2O3S/c1-2-3-4-5-6;1-4(2)3/h2-5H2,1H3;4H,(H,1,2,3). The van der Waals surface area contributed by atoms with Crippen LogP contribution in [0.1, 0.15) is 26.2 Å². The molecule has 0 rings (SSSR count). The van der Waals surface area contributed by atoms with Crippen LogP contribution in [0.25, 0.3) is 0 Å². The fourth-order valence-corrected chi connectivity index (χ4v) is 0.884. The average molecular weight is 280 g/mol. The van der Waals surface area contributed by atoms with Crippen LogP contribution in [-0.4, -0.2) is 17.4 Å². The summed E-state index contributed by atoms with van der Waals surface area (Å²) in [7, 11) is -3.12. The van der Waals surface area contributed by atoms with Crippen LogP contribution in [0, 0.1) is 0 Å². The fraction of sp³-hybridized carbons (Fsp3) is 1.00. The Morgan fingerprint density at radius 2 is 1.80 bits per heavy atom. The summed E-state index contributed by atoms with van der Waals surface area (Å²) in [5.41, 5.74) is 0. The third-order valence-electron chi connectivity index (χ3n) is 0.737. The van der Waals surface area contributed by atoms with E-state index in [-0.39, 0.29) is 0 Å². The van der Waals surface area contributed by atoms with E-state index in [0.717, 1.165) is 0 Å². The Kier molecular flexibility index (Phi) is 16.3. The van der Waals surface area contributed by atoms with Crippen molar-refractivity contribution >= 4 is 33.6 Å². The third kappa shape index (κ3) is 38.1. The Hall–Kier alpha value is 0.640. The third-order valence-corrected chi connectivity index (χ3v) is 1.50. The smallest absolute Gasteiger partial charge is 0.254 e. The quantitative estimate of drug-likeness (QED) is 0.272. The molecule has 64 valence electrons. The molecule has 0 aromatic rings. The number of hydrogen-bond donors (Lipinski definition) is 2. The summed E-state index contributed by atoms with van der Waals surface area (Å²) in [5, 5.41) is 0. The number of rotatable bonds is 3. The maximum atomic E-state index is 8.59. The van der Waals surface area contributed by atoms with Gasteiger partial charge in [0.05, 0.1) is 0 Å². The Balaban J connectivity index is 0. The summed E-state index contributed by atoms with van der Waals surface area (Å²) in [6.07, 6.45) is 4.16. The van der Waals surface area contributed by atoms with Gasteiger partial charge in [0.1, 0.15) is 0 Å². The lowest BCUT2D eigenvalue weighted by Crippen LogP contribution is -1.70. The predicted octanol–water partition coefficient (Wildman–Crippen LogP) is 1.68. The molecular weight excluding hydrogens is 267 g/mol. The summed E-state index contributed by atoms with van der Waals surface area (Å²) in [4.78, 5) is 0. The monoisotopic (exact) mass is 280 g/mol. The maximum absolute atomic E-state index is 8.59. The first-order valence-electron chi connectivity index (χ1n) is 3.04. The molecule has 0 aromatic heterocycles. The van der Waals surface area contributed by atoms with Crippen molar-refractivity contribution in [3.8, 4) is 0 Å². The first kappa shape index (κ1) is 13.2. The molecule has 0 aliphatic heterocycles. The number of unbranched alkanes of at least 4 members (excludes halogenated alkanes) is 2. The van der Waals surface area contributed by atoms with Gasteiger partial charge in [-0.15, -0.1) is 0 Å². The van der Waals surface area contributed by atoms with Gasteiger partial charge in [0.2, 0.25) is 0 Å². The molecule has 0 unspecified atom stereocenters. The van der Waals surface area contributed by atoms with Gasteiger partial charge in [-0.3, -0.25) is 4.55 Å². The van der Waals surface area contributed by atoms with Crippen molar-refractivity contribution in [1.29, 1.82) is 0 Å². The second kappa shape index (κ2) is 12.3. The minimum atomic E-state index is -3.12. The molecule has 0 fully saturated rings. The highest BCUT2D eigenvalue weighted by Gasteiger charge is 1.76. The summed E-state index contributed by atoms with van der Waals surface area (Å²) in [6, 6.07) is 0. The lowest BCUT2D eigenvalue weighted by Gasteiger charge is -1.85. The molecular formula is C5H13IO3S. The highest BCUT2D eigenvalue weighted by molar-refractivity contribution is 14.1. The van der Waals surface area contributed by atoms with Crippen molar-refractivity contribution in [3.05, 3.63) is 0 Å². The molecule has 0 spiro atoms. The van der Waals surface area contributed by atoms with E-state index in [2.05, 4.69) is 29.5 Å². The van der Waals surface area contributed by atoms with E-state index >= 15 is 0 Å². The molecule has 0 aromatic carbocycles. The second-order valence-electron chi connectivity index (χ2n) is 1.63. The SMILES string of the molecule is CCCCCI.O=[SH](=O)O. The van der Waals surface area contributed by atoms with Gasteiger partial charge < -0.3 is 0 Å². The molecule has 1 N–H and O–H groups in total. The number of halogens is 1. The van der Waals surface area contributed by atoms with Crippen LogP contribution in [-0.2, 0) is 11.0 Å². The van der Waals surface area contributed by atoms with Crippen LogP contribution in [0.4, 0.5) is 0 Å². The molecule has 0 aliphatic rings. The summed E-state index contributed by atoms with van der Waals surface area (Å²) in [6.45, 7) is 2.23. The summed E-state index contributed by atoms with van der Waals surface area (Å²) >= 11 is 2.41. The van der Waals surface area contributed by atoms with Crippen LogP contribution < -0.4 is 0 Å². The first-order valence-corrected chi connectivity index (χ1v) is 5.70. The zero-order valence-electron chi connectivity index (χ0n) is 5.92. The molecule has 0 saturated heterocycles. The summed E-state index contributed by atoms with van der Waals surface area (Å²) in [5.74, 6) is 0. The van der Waals surface area contributed by atoms with Crippen LogP contribution in [0.15, 0.2) is 0 Å². The minimum absolute atomic E-state index is 1.32. The normalized spacial score (nSPS) is 8.80. The average Bonchev–Trinajstić information content (AvgIpc) is 1.82. The molecule has 0 heterocycles. The molecule has 0 atom stereocenters. The zero-order chi connectivity index (χ0) is 8.41. The van der Waals surface area contributed by atoms with Gasteiger partial charge in [-0.25, -0.2) is 8.42 Å². The van der Waals surface area contributed by atoms with Crippen LogP contribution >= 0.6 is 22.6 Å². The first-order chi connectivity index (χ1) is 4.65. The lowest BCUT2D eigenvalue weighted by atomic mass is 10.3. The Morgan fingerprint density at radius 3 is 1.90 bits per heavy atom. The van der Waals surface area contributed by atoms with E-state index in [9.17, 15) is 0 Å². The van der Waals surface area contributed by atoms with Crippen molar-refractivity contribution in [2.75, 3.05) is 4.43 Å². The van der Waals surface area contributed by atoms with Crippen LogP contribution in [0.5, 0.6) is 0 Å². The molecule has 0 saturated carbocycles. The van der Waals surface area contributed by atoms with Crippen LogP contribution in [0.2, 0.25) is 0 Å². The number of thiol groups is 1. The van der Waals surface area contributed by atoms with Gasteiger partial charge in [0, 0.05) is 0 Å². The molecule has 0 radical (unpaired) electrons. The maximum Gasteiger partial charge on any atom is 0.254 e. The van der Waals surface area contributed by atoms with E-state index in [4.69, 9.17) is 13.0 Å². The minimum Gasteiger partial charge on any atom is -0.288 e. The molecule has 3 nitrogen and oxygen atoms in total. The van der Waals surface area contributed by atoms with E-state index in [0.29, 0.717) is 0 Å². The highest BCUT2D eigenvalue weighted by atomic mass is 127. The second-order valence-corrected chi connectivity index (χ2v) is 3.19. The highest BCUT2D eigenvalue weighted by Crippen LogP contribution is 1.96. The molecule has 0 bridgehead atoms. The van der Waals surface area contributed by atoms with E-state index in [1.807, 2.05) is 0 Å². The lowest BCUT2D eigenvalue weighted by molar-refractivity contribution is 0.509. The Labute approximate surface area is 77.1 Å². The van der Waals surface area contributed by atoms with Crippen molar-refractivity contribution in [3.63, 3.8) is 0 Å². The largest absolute Gasteiger partial charge is 0.288 e. The molecule has 5 heteroatoms. The van der Waals surface area contributed by atoms with Gasteiger partial charge in [0.15, 0.2) is 0 Å². The molecule has 10 heavy (non-hydrogen) atoms. The van der Waals surface area contributed by atoms with Crippen LogP contribution in [0.3, 0.4) is 0 Å². The molecule has 0 aliphatic carbocycles. The van der Waals surface area contributed by atoms with E-state index in [1.165, 1.54) is 23.7 Å². The van der Waals surface area contributed by atoms with E-state index in [1.54, 1.807) is 0 Å². The van der Waals surface area contributed by atoms with Crippen molar-refractivity contribution in [2.45, 2.75) is 26.2 Å². The summed E-state index contributed by atoms with van der Waals surface area (Å²) < 4.78 is 25.5. The van der Waals surface area contributed by atoms with Gasteiger partial charge in [0.25, 0.3) is 11.0 Å². The zero-order valence-corrected chi connectivity index (χ0v) is 8.97. The van der Waals surface area contributed by atoms with Gasteiger partial charge in [-0.05, 0) is 10.8 Å². The predicted molar refractivity (Wildman–Crippen MR) is 51.4 cm³/mol. The van der Waals surface area contributed by atoms with E-state index < -0.39 is 11.0 Å². The molecule has 0 amide bonds. The van der Waals surface area contributed by atoms with Gasteiger partial charge in [-0.1, -0.05) is 42.4 Å². The number of alkyl halides is 1. The fourth-order valence-electron chi connectivity index (χ4n) is 0.344. The van der Waals surface area contributed by atoms with Crippen molar-refractivity contribution in [2.24, 2.45) is 0 Å². The van der Waals surface area contributed by atoms with Gasteiger partial charge in [-0.2, -0.15) is 0 Å². The van der Waals surface area contributed by atoms with Crippen molar-refractivity contribution in [1.82, 2.24) is 0 Å². The van der Waals surface area contributed by atoms with Crippen molar-refractivity contribution < 1.29 is 13.0 Å². The number of hydrogen-bond acceptors (Lipinski definition) is 2. The topological polar surface area (TPSA) is 54.4 Å². The Bertz CT molecular complexity index is 101. The Morgan fingerprint density at radius 1 is 1.40 bits per heavy atom.